The largest absolute Gasteiger partial charge is 0.390 e. The van der Waals surface area contributed by atoms with Gasteiger partial charge in [0.25, 0.3) is 5.91 Å². The van der Waals surface area contributed by atoms with Crippen LogP contribution in [0.2, 0.25) is 0 Å². The van der Waals surface area contributed by atoms with E-state index in [4.69, 9.17) is 0 Å². The van der Waals surface area contributed by atoms with Crippen LogP contribution in [0.25, 0.3) is 0 Å². The first-order valence-corrected chi connectivity index (χ1v) is 9.41. The Morgan fingerprint density at radius 1 is 1.04 bits per heavy atom. The average molecular weight is 391 g/mol. The molecule has 0 bridgehead atoms. The molecule has 1 amide bonds. The van der Waals surface area contributed by atoms with Gasteiger partial charge < -0.3 is 15.7 Å². The van der Waals surface area contributed by atoms with Gasteiger partial charge in [-0.15, -0.1) is 12.4 Å². The van der Waals surface area contributed by atoms with Crippen LogP contribution < -0.4 is 10.6 Å². The smallest absolute Gasteiger partial charge is 0.251 e. The summed E-state index contributed by atoms with van der Waals surface area (Å²) >= 11 is 0. The Morgan fingerprint density at radius 3 is 2.22 bits per heavy atom. The highest BCUT2D eigenvalue weighted by atomic mass is 35.5. The molecule has 0 aliphatic carbocycles. The van der Waals surface area contributed by atoms with Crippen molar-refractivity contribution < 1.29 is 9.90 Å². The quantitative estimate of drug-likeness (QED) is 0.581. The van der Waals surface area contributed by atoms with Crippen molar-refractivity contribution in [3.8, 4) is 0 Å². The predicted molar refractivity (Wildman–Crippen MR) is 113 cm³/mol. The first-order valence-electron chi connectivity index (χ1n) is 9.41. The summed E-state index contributed by atoms with van der Waals surface area (Å²) in [6.45, 7) is 4.71. The lowest BCUT2D eigenvalue weighted by molar-refractivity contribution is 0.0825. The van der Waals surface area contributed by atoms with Gasteiger partial charge in [-0.2, -0.15) is 0 Å². The highest BCUT2D eigenvalue weighted by Gasteiger charge is 2.22. The Kier molecular flexibility index (Phi) is 10.7. The Balaban J connectivity index is 0.00000364. The van der Waals surface area contributed by atoms with E-state index in [1.807, 2.05) is 48.5 Å². The van der Waals surface area contributed by atoms with E-state index >= 15 is 0 Å². The average Bonchev–Trinajstić information content (AvgIpc) is 2.67. The van der Waals surface area contributed by atoms with Crippen molar-refractivity contribution in [2.45, 2.75) is 51.3 Å². The van der Waals surface area contributed by atoms with E-state index in [9.17, 15) is 9.90 Å². The Labute approximate surface area is 168 Å². The fourth-order valence-corrected chi connectivity index (χ4v) is 2.99. The number of hydrogen-bond acceptors (Lipinski definition) is 3. The van der Waals surface area contributed by atoms with Gasteiger partial charge in [0, 0.05) is 18.2 Å². The number of rotatable bonds is 10. The third-order valence-electron chi connectivity index (χ3n) is 4.51. The molecule has 3 atom stereocenters. The van der Waals surface area contributed by atoms with Gasteiger partial charge in [-0.1, -0.05) is 61.9 Å². The van der Waals surface area contributed by atoms with Crippen LogP contribution in [0.1, 0.15) is 42.6 Å². The number of aliphatic hydroxyl groups is 1. The number of nitrogens with one attached hydrogen (secondary N) is 2. The van der Waals surface area contributed by atoms with Gasteiger partial charge in [-0.3, -0.25) is 4.79 Å². The first kappa shape index (κ1) is 23.2. The van der Waals surface area contributed by atoms with Gasteiger partial charge in [0.1, 0.15) is 0 Å². The molecular formula is C22H31ClN2O2. The zero-order chi connectivity index (χ0) is 18.8. The molecule has 0 heterocycles. The Hall–Kier alpha value is -1.88. The molecule has 0 aliphatic rings. The van der Waals surface area contributed by atoms with E-state index in [1.54, 1.807) is 12.1 Å². The van der Waals surface area contributed by atoms with Crippen molar-refractivity contribution in [3.63, 3.8) is 0 Å². The summed E-state index contributed by atoms with van der Waals surface area (Å²) in [6, 6.07) is 19.0. The fourth-order valence-electron chi connectivity index (χ4n) is 2.99. The molecule has 27 heavy (non-hydrogen) atoms. The van der Waals surface area contributed by atoms with Gasteiger partial charge in [0.05, 0.1) is 12.1 Å². The number of hydrogen-bond donors (Lipinski definition) is 3. The third kappa shape index (κ3) is 8.12. The summed E-state index contributed by atoms with van der Waals surface area (Å²) in [7, 11) is 0. The second-order valence-corrected chi connectivity index (χ2v) is 6.80. The van der Waals surface area contributed by atoms with Gasteiger partial charge in [0.2, 0.25) is 0 Å². The van der Waals surface area contributed by atoms with Crippen LogP contribution in [0.5, 0.6) is 0 Å². The zero-order valence-corrected chi connectivity index (χ0v) is 16.9. The molecule has 5 heteroatoms. The maximum atomic E-state index is 12.5. The number of amides is 1. The maximum absolute atomic E-state index is 12.5. The maximum Gasteiger partial charge on any atom is 0.251 e. The molecule has 0 radical (unpaired) electrons. The second kappa shape index (κ2) is 12.5. The van der Waals surface area contributed by atoms with E-state index in [-0.39, 0.29) is 24.4 Å². The molecule has 148 valence electrons. The highest BCUT2D eigenvalue weighted by Crippen LogP contribution is 2.09. The number of carbonyl (C=O) groups excluding carboxylic acids is 1. The summed E-state index contributed by atoms with van der Waals surface area (Å²) < 4.78 is 0. The number of benzene rings is 2. The van der Waals surface area contributed by atoms with Crippen LogP contribution in [0.3, 0.4) is 0 Å². The molecule has 4 nitrogen and oxygen atoms in total. The van der Waals surface area contributed by atoms with E-state index < -0.39 is 6.10 Å². The lowest BCUT2D eigenvalue weighted by Crippen LogP contribution is -2.49. The zero-order valence-electron chi connectivity index (χ0n) is 16.1. The molecular weight excluding hydrogens is 360 g/mol. The Bertz CT molecular complexity index is 652. The van der Waals surface area contributed by atoms with Crippen molar-refractivity contribution in [1.82, 2.24) is 10.6 Å². The minimum Gasteiger partial charge on any atom is -0.390 e. The van der Waals surface area contributed by atoms with Crippen LogP contribution in [0, 0.1) is 0 Å². The summed E-state index contributed by atoms with van der Waals surface area (Å²) in [5.41, 5.74) is 1.69. The van der Waals surface area contributed by atoms with E-state index in [1.165, 1.54) is 0 Å². The molecule has 0 aliphatic heterocycles. The summed E-state index contributed by atoms with van der Waals surface area (Å²) in [5.74, 6) is -0.160. The third-order valence-corrected chi connectivity index (χ3v) is 4.51. The number of aliphatic hydroxyl groups excluding tert-OH is 1. The molecule has 2 aromatic carbocycles. The van der Waals surface area contributed by atoms with Crippen molar-refractivity contribution >= 4 is 18.3 Å². The standard InChI is InChI=1S/C22H30N2O2.ClH/c1-3-10-17(2)23-16-21(25)20(15-18-11-6-4-7-12-18)24-22(26)19-13-8-5-9-14-19;/h4-9,11-14,17,20-21,23,25H,3,10,15-16H2,1-2H3,(H,24,26);1H/t17?,20-,21+;/m0./s1. The SMILES string of the molecule is CCCC(C)NC[C@@H](O)[C@H](Cc1ccccc1)NC(=O)c1ccccc1.Cl. The predicted octanol–water partition coefficient (Wildman–Crippen LogP) is 3.59. The topological polar surface area (TPSA) is 61.4 Å². The molecule has 2 aromatic rings. The van der Waals surface area contributed by atoms with Crippen LogP contribution >= 0.6 is 12.4 Å². The minimum atomic E-state index is -0.665. The normalized spacial score (nSPS) is 13.9. The molecule has 0 spiro atoms. The summed E-state index contributed by atoms with van der Waals surface area (Å²) in [4.78, 5) is 12.5. The molecule has 2 rings (SSSR count). The number of carbonyl (C=O) groups is 1. The van der Waals surface area contributed by atoms with Crippen LogP contribution in [-0.4, -0.2) is 35.7 Å². The first-order chi connectivity index (χ1) is 12.6. The lowest BCUT2D eigenvalue weighted by atomic mass is 10.00. The molecule has 0 fully saturated rings. The monoisotopic (exact) mass is 390 g/mol. The summed E-state index contributed by atoms with van der Waals surface area (Å²) in [6.07, 6.45) is 2.08. The Morgan fingerprint density at radius 2 is 1.63 bits per heavy atom. The van der Waals surface area contributed by atoms with Crippen LogP contribution in [0.15, 0.2) is 60.7 Å². The highest BCUT2D eigenvalue weighted by molar-refractivity contribution is 5.94. The van der Waals surface area contributed by atoms with Crippen molar-refractivity contribution in [2.75, 3.05) is 6.54 Å². The fraction of sp³-hybridized carbons (Fsp3) is 0.409. The minimum absolute atomic E-state index is 0. The van der Waals surface area contributed by atoms with E-state index in [2.05, 4.69) is 24.5 Å². The van der Waals surface area contributed by atoms with Crippen LogP contribution in [0.4, 0.5) is 0 Å². The van der Waals surface area contributed by atoms with Crippen molar-refractivity contribution in [3.05, 3.63) is 71.8 Å². The lowest BCUT2D eigenvalue weighted by Gasteiger charge is -2.26. The summed E-state index contributed by atoms with van der Waals surface area (Å²) in [5, 5.41) is 17.1. The van der Waals surface area contributed by atoms with Gasteiger partial charge in [-0.05, 0) is 37.5 Å². The van der Waals surface area contributed by atoms with E-state index in [0.717, 1.165) is 18.4 Å². The van der Waals surface area contributed by atoms with Gasteiger partial charge >= 0.3 is 0 Å². The van der Waals surface area contributed by atoms with Crippen molar-refractivity contribution in [2.24, 2.45) is 0 Å². The van der Waals surface area contributed by atoms with Gasteiger partial charge in [0.15, 0.2) is 0 Å². The van der Waals surface area contributed by atoms with Gasteiger partial charge in [-0.25, -0.2) is 0 Å². The van der Waals surface area contributed by atoms with Crippen LogP contribution in [-0.2, 0) is 6.42 Å². The molecule has 1 unspecified atom stereocenters. The second-order valence-electron chi connectivity index (χ2n) is 6.80. The van der Waals surface area contributed by atoms with E-state index in [0.29, 0.717) is 24.6 Å². The molecule has 0 saturated heterocycles. The molecule has 0 aromatic heterocycles. The number of halogens is 1. The molecule has 0 saturated carbocycles. The molecule has 3 N–H and O–H groups in total. The van der Waals surface area contributed by atoms with Crippen molar-refractivity contribution in [1.29, 1.82) is 0 Å².